The number of carbonyl (C=O) groups excluding carboxylic acids is 2. The van der Waals surface area contributed by atoms with E-state index in [1.54, 1.807) is 23.6 Å². The van der Waals surface area contributed by atoms with Crippen molar-refractivity contribution in [3.05, 3.63) is 40.7 Å². The number of esters is 1. The Labute approximate surface area is 181 Å². The summed E-state index contributed by atoms with van der Waals surface area (Å²) >= 11 is 2.86. The molecule has 0 saturated carbocycles. The predicted molar refractivity (Wildman–Crippen MR) is 117 cm³/mol. The third-order valence-electron chi connectivity index (χ3n) is 4.83. The molecular formula is C20H21N5O3S2. The lowest BCUT2D eigenvalue weighted by atomic mass is 9.96. The molecule has 1 fully saturated rings. The summed E-state index contributed by atoms with van der Waals surface area (Å²) in [5.74, 6) is 0.176. The standard InChI is InChI=1S/C20H21N5O3S2/c1-2-28-19(27)15-12-30-20(21-15)22-18(26)13-7-9-25(10-8-13)17-6-5-14(23-24-17)16-4-3-11-29-16/h3-6,11-13H,2,7-10H2,1H3,(H,21,22,26). The van der Waals surface area contributed by atoms with Crippen LogP contribution < -0.4 is 10.2 Å². The van der Waals surface area contributed by atoms with Gasteiger partial charge in [0.05, 0.1) is 11.5 Å². The van der Waals surface area contributed by atoms with Gasteiger partial charge in [-0.25, -0.2) is 9.78 Å². The number of anilines is 2. The van der Waals surface area contributed by atoms with Gasteiger partial charge in [-0.1, -0.05) is 6.07 Å². The monoisotopic (exact) mass is 443 g/mol. The van der Waals surface area contributed by atoms with Crippen LogP contribution in [0.25, 0.3) is 10.6 Å². The van der Waals surface area contributed by atoms with Crippen LogP contribution in [0.1, 0.15) is 30.3 Å². The molecule has 4 heterocycles. The van der Waals surface area contributed by atoms with Gasteiger partial charge in [0.1, 0.15) is 5.69 Å². The normalized spacial score (nSPS) is 14.5. The van der Waals surface area contributed by atoms with Gasteiger partial charge in [-0.05, 0) is 43.3 Å². The maximum atomic E-state index is 12.6. The van der Waals surface area contributed by atoms with Gasteiger partial charge in [0.25, 0.3) is 0 Å². The minimum atomic E-state index is -0.478. The number of hydrogen-bond acceptors (Lipinski definition) is 9. The van der Waals surface area contributed by atoms with Crippen LogP contribution in [0.2, 0.25) is 0 Å². The highest BCUT2D eigenvalue weighted by atomic mass is 32.1. The first-order chi connectivity index (χ1) is 14.6. The van der Waals surface area contributed by atoms with E-state index in [0.717, 1.165) is 42.3 Å². The van der Waals surface area contributed by atoms with E-state index < -0.39 is 5.97 Å². The van der Waals surface area contributed by atoms with E-state index in [1.165, 1.54) is 11.3 Å². The van der Waals surface area contributed by atoms with Crippen LogP contribution in [0.5, 0.6) is 0 Å². The Morgan fingerprint density at radius 2 is 2.03 bits per heavy atom. The van der Waals surface area contributed by atoms with Crippen molar-refractivity contribution in [1.82, 2.24) is 15.2 Å². The smallest absolute Gasteiger partial charge is 0.357 e. The highest BCUT2D eigenvalue weighted by Crippen LogP contribution is 2.26. The summed E-state index contributed by atoms with van der Waals surface area (Å²) in [5, 5.41) is 15.5. The minimum Gasteiger partial charge on any atom is -0.461 e. The van der Waals surface area contributed by atoms with Gasteiger partial charge in [-0.3, -0.25) is 4.79 Å². The average Bonchev–Trinajstić information content (AvgIpc) is 3.47. The van der Waals surface area contributed by atoms with Crippen LogP contribution in [-0.4, -0.2) is 46.8 Å². The molecule has 10 heteroatoms. The molecule has 1 aliphatic heterocycles. The lowest BCUT2D eigenvalue weighted by molar-refractivity contribution is -0.120. The molecule has 3 aromatic rings. The van der Waals surface area contributed by atoms with E-state index in [1.807, 2.05) is 29.6 Å². The maximum absolute atomic E-state index is 12.6. The number of nitrogens with one attached hydrogen (secondary N) is 1. The Kier molecular flexibility index (Phi) is 6.34. The SMILES string of the molecule is CCOC(=O)c1csc(NC(=O)C2CCN(c3ccc(-c4cccs4)nn3)CC2)n1. The fraction of sp³-hybridized carbons (Fsp3) is 0.350. The summed E-state index contributed by atoms with van der Waals surface area (Å²) in [6, 6.07) is 7.98. The van der Waals surface area contributed by atoms with Crippen molar-refractivity contribution >= 4 is 45.5 Å². The molecule has 0 atom stereocenters. The molecule has 1 saturated heterocycles. The number of rotatable bonds is 6. The fourth-order valence-electron chi connectivity index (χ4n) is 3.26. The summed E-state index contributed by atoms with van der Waals surface area (Å²) in [6.45, 7) is 3.49. The van der Waals surface area contributed by atoms with E-state index in [2.05, 4.69) is 25.4 Å². The molecule has 4 rings (SSSR count). The van der Waals surface area contributed by atoms with E-state index in [-0.39, 0.29) is 24.1 Å². The Morgan fingerprint density at radius 3 is 2.70 bits per heavy atom. The number of piperidine rings is 1. The average molecular weight is 444 g/mol. The van der Waals surface area contributed by atoms with Crippen LogP contribution in [-0.2, 0) is 9.53 Å². The summed E-state index contributed by atoms with van der Waals surface area (Å²) in [4.78, 5) is 31.7. The molecule has 1 N–H and O–H groups in total. The lowest BCUT2D eigenvalue weighted by Gasteiger charge is -2.31. The fourth-order valence-corrected chi connectivity index (χ4v) is 4.63. The van der Waals surface area contributed by atoms with Gasteiger partial charge in [0.15, 0.2) is 16.6 Å². The maximum Gasteiger partial charge on any atom is 0.357 e. The van der Waals surface area contributed by atoms with E-state index in [0.29, 0.717) is 5.13 Å². The Hall–Kier alpha value is -2.85. The minimum absolute atomic E-state index is 0.0708. The summed E-state index contributed by atoms with van der Waals surface area (Å²) < 4.78 is 4.92. The molecular weight excluding hydrogens is 422 g/mol. The molecule has 0 bridgehead atoms. The zero-order valence-corrected chi connectivity index (χ0v) is 18.0. The highest BCUT2D eigenvalue weighted by molar-refractivity contribution is 7.14. The summed E-state index contributed by atoms with van der Waals surface area (Å²) in [5.41, 5.74) is 1.09. The van der Waals surface area contributed by atoms with Gasteiger partial charge < -0.3 is 15.0 Å². The number of thiophene rings is 1. The Balaban J connectivity index is 1.30. The molecule has 156 valence electrons. The Morgan fingerprint density at radius 1 is 1.20 bits per heavy atom. The molecule has 0 unspecified atom stereocenters. The topological polar surface area (TPSA) is 97.3 Å². The van der Waals surface area contributed by atoms with Crippen molar-refractivity contribution in [3.8, 4) is 10.6 Å². The Bertz CT molecular complexity index is 996. The molecule has 0 aliphatic carbocycles. The number of ether oxygens (including phenoxy) is 1. The number of carbonyl (C=O) groups is 2. The molecule has 30 heavy (non-hydrogen) atoms. The predicted octanol–water partition coefficient (Wildman–Crippen LogP) is 3.69. The van der Waals surface area contributed by atoms with Crippen LogP contribution >= 0.6 is 22.7 Å². The zero-order valence-electron chi connectivity index (χ0n) is 16.4. The second-order valence-electron chi connectivity index (χ2n) is 6.76. The number of nitrogens with zero attached hydrogens (tertiary/aromatic N) is 4. The van der Waals surface area contributed by atoms with Gasteiger partial charge in [0.2, 0.25) is 5.91 Å². The number of hydrogen-bond donors (Lipinski definition) is 1. The molecule has 3 aromatic heterocycles. The first-order valence-corrected chi connectivity index (χ1v) is 11.5. The van der Waals surface area contributed by atoms with Crippen molar-refractivity contribution in [2.45, 2.75) is 19.8 Å². The van der Waals surface area contributed by atoms with Crippen LogP contribution in [0, 0.1) is 5.92 Å². The number of aromatic nitrogens is 3. The highest BCUT2D eigenvalue weighted by Gasteiger charge is 2.26. The number of amides is 1. The van der Waals surface area contributed by atoms with Crippen LogP contribution in [0.3, 0.4) is 0 Å². The van der Waals surface area contributed by atoms with Crippen molar-refractivity contribution in [3.63, 3.8) is 0 Å². The second kappa shape index (κ2) is 9.31. The van der Waals surface area contributed by atoms with Crippen molar-refractivity contribution < 1.29 is 14.3 Å². The molecule has 0 aromatic carbocycles. The molecule has 1 aliphatic rings. The van der Waals surface area contributed by atoms with E-state index in [4.69, 9.17) is 4.74 Å². The van der Waals surface area contributed by atoms with E-state index >= 15 is 0 Å². The van der Waals surface area contributed by atoms with Gasteiger partial charge >= 0.3 is 5.97 Å². The largest absolute Gasteiger partial charge is 0.461 e. The molecule has 8 nitrogen and oxygen atoms in total. The van der Waals surface area contributed by atoms with Gasteiger partial charge in [-0.2, -0.15) is 0 Å². The zero-order chi connectivity index (χ0) is 20.9. The van der Waals surface area contributed by atoms with Gasteiger partial charge in [0, 0.05) is 24.4 Å². The first kappa shape index (κ1) is 20.4. The first-order valence-electron chi connectivity index (χ1n) is 9.70. The molecule has 0 spiro atoms. The van der Waals surface area contributed by atoms with Crippen LogP contribution in [0.15, 0.2) is 35.0 Å². The van der Waals surface area contributed by atoms with Gasteiger partial charge in [-0.15, -0.1) is 32.9 Å². The number of thiazole rings is 1. The van der Waals surface area contributed by atoms with Crippen molar-refractivity contribution in [2.75, 3.05) is 29.9 Å². The second-order valence-corrected chi connectivity index (χ2v) is 8.57. The lowest BCUT2D eigenvalue weighted by Crippen LogP contribution is -2.38. The summed E-state index contributed by atoms with van der Waals surface area (Å²) in [7, 11) is 0. The molecule has 1 amide bonds. The third-order valence-corrected chi connectivity index (χ3v) is 6.48. The van der Waals surface area contributed by atoms with Crippen molar-refractivity contribution in [2.24, 2.45) is 5.92 Å². The quantitative estimate of drug-likeness (QED) is 0.580. The third kappa shape index (κ3) is 4.65. The van der Waals surface area contributed by atoms with E-state index in [9.17, 15) is 9.59 Å². The van der Waals surface area contributed by atoms with Crippen molar-refractivity contribution in [1.29, 1.82) is 0 Å². The van der Waals surface area contributed by atoms with Crippen LogP contribution in [0.4, 0.5) is 10.9 Å². The molecule has 0 radical (unpaired) electrons. The summed E-state index contributed by atoms with van der Waals surface area (Å²) in [6.07, 6.45) is 1.44.